The smallest absolute Gasteiger partial charge is 0.406 e. The average Bonchev–Trinajstić information content (AvgIpc) is 2.59. The largest absolute Gasteiger partial charge is 0.573 e. The lowest BCUT2D eigenvalue weighted by Crippen LogP contribution is -2.45. The van der Waals surface area contributed by atoms with Gasteiger partial charge in [-0.1, -0.05) is 24.3 Å². The molecule has 1 fully saturated rings. The van der Waals surface area contributed by atoms with E-state index in [2.05, 4.69) is 15.0 Å². The quantitative estimate of drug-likeness (QED) is 0.686. The lowest BCUT2D eigenvalue weighted by Gasteiger charge is -2.35. The number of hydrogen-bond donors (Lipinski definition) is 1. The van der Waals surface area contributed by atoms with E-state index in [1.807, 2.05) is 0 Å². The molecule has 0 aliphatic carbocycles. The van der Waals surface area contributed by atoms with Gasteiger partial charge in [-0.2, -0.15) is 0 Å². The third-order valence-corrected chi connectivity index (χ3v) is 4.44. The first-order valence-electron chi connectivity index (χ1n) is 8.40. The van der Waals surface area contributed by atoms with Crippen LogP contribution >= 0.6 is 24.8 Å². The number of ether oxygens (including phenoxy) is 1. The minimum absolute atomic E-state index is 0. The molecule has 0 radical (unpaired) electrons. The van der Waals surface area contributed by atoms with Gasteiger partial charge in [0.2, 0.25) is 0 Å². The number of halogens is 6. The van der Waals surface area contributed by atoms with E-state index in [1.54, 1.807) is 31.2 Å². The molecule has 9 heteroatoms. The van der Waals surface area contributed by atoms with Gasteiger partial charge in [0.1, 0.15) is 11.6 Å². The van der Waals surface area contributed by atoms with Gasteiger partial charge in [0.15, 0.2) is 0 Å². The fourth-order valence-electron chi connectivity index (χ4n) is 3.24. The Balaban J connectivity index is 0.00000196. The molecule has 1 N–H and O–H groups in total. The molecule has 2 aromatic rings. The fraction of sp³-hybridized carbons (Fsp3) is 0.368. The third-order valence-electron chi connectivity index (χ3n) is 4.44. The summed E-state index contributed by atoms with van der Waals surface area (Å²) in [6, 6.07) is 10.7. The van der Waals surface area contributed by atoms with Crippen LogP contribution in [-0.2, 0) is 0 Å². The highest BCUT2D eigenvalue weighted by Crippen LogP contribution is 2.32. The van der Waals surface area contributed by atoms with Gasteiger partial charge in [0, 0.05) is 26.2 Å². The molecule has 0 amide bonds. The molecule has 1 heterocycles. The summed E-state index contributed by atoms with van der Waals surface area (Å²) in [5.41, 5.74) is 2.29. The van der Waals surface area contributed by atoms with E-state index in [9.17, 15) is 17.6 Å². The Morgan fingerprint density at radius 1 is 0.964 bits per heavy atom. The van der Waals surface area contributed by atoms with Gasteiger partial charge < -0.3 is 10.1 Å². The molecule has 0 unspecified atom stereocenters. The first kappa shape index (κ1) is 24.5. The molecule has 1 saturated heterocycles. The lowest BCUT2D eigenvalue weighted by atomic mass is 9.95. The van der Waals surface area contributed by atoms with Crippen LogP contribution in [0.1, 0.15) is 22.7 Å². The van der Waals surface area contributed by atoms with E-state index < -0.39 is 6.36 Å². The minimum Gasteiger partial charge on any atom is -0.406 e. The topological polar surface area (TPSA) is 24.5 Å². The number of nitrogens with zero attached hydrogens (tertiary/aromatic N) is 1. The van der Waals surface area contributed by atoms with Gasteiger partial charge in [0.25, 0.3) is 0 Å². The summed E-state index contributed by atoms with van der Waals surface area (Å²) in [6.45, 7) is 4.94. The van der Waals surface area contributed by atoms with Crippen molar-refractivity contribution in [3.05, 3.63) is 65.0 Å². The summed E-state index contributed by atoms with van der Waals surface area (Å²) in [5.74, 6) is -0.530. The Morgan fingerprint density at radius 3 is 2.07 bits per heavy atom. The van der Waals surface area contributed by atoms with Crippen LogP contribution in [0.4, 0.5) is 17.6 Å². The molecule has 1 atom stereocenters. The Bertz CT molecular complexity index is 751. The van der Waals surface area contributed by atoms with Crippen LogP contribution in [0.25, 0.3) is 0 Å². The van der Waals surface area contributed by atoms with Crippen molar-refractivity contribution in [2.45, 2.75) is 19.3 Å². The summed E-state index contributed by atoms with van der Waals surface area (Å²) in [5, 5.41) is 3.28. The van der Waals surface area contributed by atoms with Gasteiger partial charge in [-0.15, -0.1) is 38.0 Å². The normalized spacial score (nSPS) is 15.9. The Kier molecular flexibility index (Phi) is 9.01. The maximum absolute atomic E-state index is 13.7. The van der Waals surface area contributed by atoms with Crippen LogP contribution in [0.5, 0.6) is 5.75 Å². The number of benzene rings is 2. The second-order valence-electron chi connectivity index (χ2n) is 6.31. The van der Waals surface area contributed by atoms with Gasteiger partial charge in [-0.25, -0.2) is 4.39 Å². The molecule has 0 spiro atoms. The molecule has 156 valence electrons. The number of alkyl halides is 3. The van der Waals surface area contributed by atoms with E-state index in [1.165, 1.54) is 18.2 Å². The van der Waals surface area contributed by atoms with Crippen molar-refractivity contribution in [2.75, 3.05) is 26.2 Å². The highest BCUT2D eigenvalue weighted by atomic mass is 35.5. The monoisotopic (exact) mass is 440 g/mol. The number of rotatable bonds is 4. The summed E-state index contributed by atoms with van der Waals surface area (Å²) in [6.07, 6.45) is -4.71. The van der Waals surface area contributed by atoms with Gasteiger partial charge in [-0.05, 0) is 41.8 Å². The molecule has 3 nitrogen and oxygen atoms in total. The molecule has 2 aromatic carbocycles. The first-order chi connectivity index (χ1) is 12.3. The zero-order valence-electron chi connectivity index (χ0n) is 15.1. The molecule has 28 heavy (non-hydrogen) atoms. The first-order valence-corrected chi connectivity index (χ1v) is 8.40. The van der Waals surface area contributed by atoms with Crippen molar-refractivity contribution < 1.29 is 22.3 Å². The molecule has 0 saturated carbocycles. The highest BCUT2D eigenvalue weighted by molar-refractivity contribution is 5.85. The summed E-state index contributed by atoms with van der Waals surface area (Å²) in [4.78, 5) is 2.24. The molecule has 0 bridgehead atoms. The van der Waals surface area contributed by atoms with Crippen molar-refractivity contribution in [3.8, 4) is 5.75 Å². The Labute approximate surface area is 173 Å². The van der Waals surface area contributed by atoms with Crippen molar-refractivity contribution in [2.24, 2.45) is 0 Å². The predicted octanol–water partition coefficient (Wildman–Crippen LogP) is 4.87. The maximum atomic E-state index is 13.7. The van der Waals surface area contributed by atoms with E-state index >= 15 is 0 Å². The minimum atomic E-state index is -4.71. The highest BCUT2D eigenvalue weighted by Gasteiger charge is 2.31. The number of piperazine rings is 1. The standard InChI is InChI=1S/C19H20F4N2O.2ClH/c1-13-12-15(4-7-17(13)20)18(25-10-8-24-9-11-25)14-2-5-16(6-3-14)26-19(21,22)23;;/h2-7,12,18,24H,8-11H2,1H3;2*1H/t18-;;/m1../s1. The third kappa shape index (κ3) is 6.24. The van der Waals surface area contributed by atoms with Crippen LogP contribution < -0.4 is 10.1 Å². The van der Waals surface area contributed by atoms with Crippen molar-refractivity contribution in [3.63, 3.8) is 0 Å². The van der Waals surface area contributed by atoms with E-state index in [-0.39, 0.29) is 42.4 Å². The Hall–Kier alpha value is -1.54. The number of hydrogen-bond acceptors (Lipinski definition) is 3. The van der Waals surface area contributed by atoms with E-state index in [0.29, 0.717) is 5.56 Å². The molecule has 0 aromatic heterocycles. The van der Waals surface area contributed by atoms with Crippen LogP contribution in [0.3, 0.4) is 0 Å². The van der Waals surface area contributed by atoms with Gasteiger partial charge >= 0.3 is 6.36 Å². The van der Waals surface area contributed by atoms with Crippen LogP contribution in [0.15, 0.2) is 42.5 Å². The van der Waals surface area contributed by atoms with E-state index in [0.717, 1.165) is 37.3 Å². The SMILES string of the molecule is Cc1cc([C@@H](c2ccc(OC(F)(F)F)cc2)N2CCNCC2)ccc1F.Cl.Cl. The van der Waals surface area contributed by atoms with E-state index in [4.69, 9.17) is 0 Å². The molecule has 1 aliphatic rings. The molecular weight excluding hydrogens is 419 g/mol. The van der Waals surface area contributed by atoms with Crippen LogP contribution in [-0.4, -0.2) is 37.4 Å². The van der Waals surface area contributed by atoms with Crippen molar-refractivity contribution in [1.29, 1.82) is 0 Å². The van der Waals surface area contributed by atoms with Crippen molar-refractivity contribution in [1.82, 2.24) is 10.2 Å². The fourth-order valence-corrected chi connectivity index (χ4v) is 3.24. The zero-order valence-corrected chi connectivity index (χ0v) is 16.8. The Morgan fingerprint density at radius 2 is 1.54 bits per heavy atom. The van der Waals surface area contributed by atoms with Crippen LogP contribution in [0.2, 0.25) is 0 Å². The summed E-state index contributed by atoms with van der Waals surface area (Å²) < 4.78 is 54.7. The van der Waals surface area contributed by atoms with Gasteiger partial charge in [0.05, 0.1) is 6.04 Å². The average molecular weight is 441 g/mol. The lowest BCUT2D eigenvalue weighted by molar-refractivity contribution is -0.274. The van der Waals surface area contributed by atoms with Crippen LogP contribution in [0, 0.1) is 12.7 Å². The maximum Gasteiger partial charge on any atom is 0.573 e. The van der Waals surface area contributed by atoms with Gasteiger partial charge in [-0.3, -0.25) is 4.90 Å². The second-order valence-corrected chi connectivity index (χ2v) is 6.31. The zero-order chi connectivity index (χ0) is 18.7. The summed E-state index contributed by atoms with van der Waals surface area (Å²) in [7, 11) is 0. The summed E-state index contributed by atoms with van der Waals surface area (Å²) >= 11 is 0. The molecule has 3 rings (SSSR count). The molecule has 1 aliphatic heterocycles. The predicted molar refractivity (Wildman–Crippen MR) is 105 cm³/mol. The molecular formula is C19H22Cl2F4N2O. The second kappa shape index (κ2) is 10.3. The van der Waals surface area contributed by atoms with Crippen molar-refractivity contribution >= 4 is 24.8 Å². The number of aryl methyl sites for hydroxylation is 1. The number of nitrogens with one attached hydrogen (secondary N) is 1.